The molecule has 22 atom stereocenters. The van der Waals surface area contributed by atoms with E-state index in [2.05, 4.69) is 20.8 Å². The Bertz CT molecular complexity index is 1430. The lowest BCUT2D eigenvalue weighted by molar-refractivity contribution is -0.350. The van der Waals surface area contributed by atoms with E-state index in [1.807, 2.05) is 20.8 Å². The Labute approximate surface area is 342 Å². The number of hydrogen-bond donors (Lipinski definition) is 12. The first-order valence-corrected chi connectivity index (χ1v) is 21.4. The third-order valence-electron chi connectivity index (χ3n) is 17.1. The molecular formula is C42H74O16. The highest BCUT2D eigenvalue weighted by Gasteiger charge is 2.74. The van der Waals surface area contributed by atoms with E-state index in [4.69, 9.17) is 18.9 Å². The molecule has 6 fully saturated rings. The summed E-state index contributed by atoms with van der Waals surface area (Å²) in [5.41, 5.74) is -5.08. The fourth-order valence-corrected chi connectivity index (χ4v) is 13.6. The second-order valence-electron chi connectivity index (χ2n) is 21.1. The minimum absolute atomic E-state index is 0.0690. The molecule has 12 N–H and O–H groups in total. The van der Waals surface area contributed by atoms with Crippen molar-refractivity contribution in [2.24, 2.45) is 45.3 Å². The van der Waals surface area contributed by atoms with Crippen LogP contribution in [0.25, 0.3) is 0 Å². The molecule has 0 amide bonds. The van der Waals surface area contributed by atoms with Crippen LogP contribution in [-0.4, -0.2) is 172 Å². The molecule has 0 spiro atoms. The van der Waals surface area contributed by atoms with Crippen molar-refractivity contribution in [1.29, 1.82) is 0 Å². The van der Waals surface area contributed by atoms with Crippen molar-refractivity contribution < 1.29 is 80.2 Å². The van der Waals surface area contributed by atoms with Crippen LogP contribution < -0.4 is 0 Å². The lowest BCUT2D eigenvalue weighted by atomic mass is 9.34. The summed E-state index contributed by atoms with van der Waals surface area (Å²) in [6.07, 6.45) is -15.1. The Morgan fingerprint density at radius 1 is 0.724 bits per heavy atom. The number of hydrogen-bond acceptors (Lipinski definition) is 16. The highest BCUT2D eigenvalue weighted by atomic mass is 16.7. The van der Waals surface area contributed by atoms with Gasteiger partial charge in [-0.25, -0.2) is 0 Å². The maximum atomic E-state index is 12.6. The summed E-state index contributed by atoms with van der Waals surface area (Å²) in [6.45, 7) is 14.1. The zero-order chi connectivity index (χ0) is 43.3. The third kappa shape index (κ3) is 7.43. The molecule has 0 radical (unpaired) electrons. The lowest BCUT2D eigenvalue weighted by Crippen LogP contribution is -2.71. The summed E-state index contributed by atoms with van der Waals surface area (Å²) in [6, 6.07) is 0. The highest BCUT2D eigenvalue weighted by molar-refractivity contribution is 5.22. The average Bonchev–Trinajstić information content (AvgIpc) is 3.54. The lowest BCUT2D eigenvalue weighted by Gasteiger charge is -2.72. The van der Waals surface area contributed by atoms with Gasteiger partial charge in [0.2, 0.25) is 0 Å². The van der Waals surface area contributed by atoms with Crippen molar-refractivity contribution in [2.75, 3.05) is 13.2 Å². The van der Waals surface area contributed by atoms with Crippen LogP contribution >= 0.6 is 0 Å². The van der Waals surface area contributed by atoms with Gasteiger partial charge in [-0.1, -0.05) is 34.6 Å². The highest BCUT2D eigenvalue weighted by Crippen LogP contribution is 2.76. The predicted molar refractivity (Wildman–Crippen MR) is 205 cm³/mol. The molecule has 4 saturated carbocycles. The van der Waals surface area contributed by atoms with Gasteiger partial charge in [0.1, 0.15) is 48.8 Å². The Hall–Kier alpha value is -0.640. The molecule has 0 unspecified atom stereocenters. The van der Waals surface area contributed by atoms with Gasteiger partial charge in [-0.05, 0) is 117 Å². The smallest absolute Gasteiger partial charge is 0.187 e. The van der Waals surface area contributed by atoms with Crippen LogP contribution in [0.4, 0.5) is 0 Å². The summed E-state index contributed by atoms with van der Waals surface area (Å²) in [4.78, 5) is 0. The first-order valence-electron chi connectivity index (χ1n) is 21.4. The first kappa shape index (κ1) is 46.9. The topological polar surface area (TPSA) is 280 Å². The Morgan fingerprint density at radius 2 is 1.28 bits per heavy atom. The second-order valence-corrected chi connectivity index (χ2v) is 21.1. The molecule has 6 aliphatic rings. The number of fused-ring (bicyclic) bond motifs is 5. The molecular weight excluding hydrogens is 760 g/mol. The van der Waals surface area contributed by atoms with Crippen molar-refractivity contribution >= 4 is 0 Å². The summed E-state index contributed by atoms with van der Waals surface area (Å²) in [5.74, 6) is -1.23. The summed E-state index contributed by atoms with van der Waals surface area (Å²) >= 11 is 0. The van der Waals surface area contributed by atoms with Gasteiger partial charge >= 0.3 is 0 Å². The van der Waals surface area contributed by atoms with Gasteiger partial charge in [0.25, 0.3) is 0 Å². The number of aliphatic hydroxyl groups is 12. The molecule has 2 aliphatic heterocycles. The maximum absolute atomic E-state index is 12.6. The van der Waals surface area contributed by atoms with E-state index in [0.29, 0.717) is 38.5 Å². The minimum atomic E-state index is -1.69. The molecule has 0 bridgehead atoms. The number of ether oxygens (including phenoxy) is 4. The zero-order valence-corrected chi connectivity index (χ0v) is 35.5. The average molecular weight is 835 g/mol. The molecule has 2 saturated heterocycles. The molecule has 16 nitrogen and oxygen atoms in total. The molecule has 0 aromatic heterocycles. The Balaban J connectivity index is 1.40. The molecule has 6 rings (SSSR count). The summed E-state index contributed by atoms with van der Waals surface area (Å²) in [5, 5.41) is 131. The van der Waals surface area contributed by atoms with Crippen LogP contribution in [0, 0.1) is 45.3 Å². The van der Waals surface area contributed by atoms with E-state index in [-0.39, 0.29) is 24.7 Å². The van der Waals surface area contributed by atoms with Crippen molar-refractivity contribution in [3.05, 3.63) is 0 Å². The number of aliphatic hydroxyl groups excluding tert-OH is 11. The van der Waals surface area contributed by atoms with Crippen LogP contribution in [0.15, 0.2) is 0 Å². The predicted octanol–water partition coefficient (Wildman–Crippen LogP) is -0.715. The van der Waals surface area contributed by atoms with Crippen LogP contribution in [0.3, 0.4) is 0 Å². The first-order chi connectivity index (χ1) is 26.7. The molecule has 4 aliphatic carbocycles. The molecule has 16 heteroatoms. The molecule has 338 valence electrons. The fraction of sp³-hybridized carbons (Fsp3) is 1.00. The van der Waals surface area contributed by atoms with E-state index in [9.17, 15) is 61.3 Å². The molecule has 2 heterocycles. The molecule has 0 aromatic rings. The zero-order valence-electron chi connectivity index (χ0n) is 35.5. The largest absolute Gasteiger partial charge is 0.394 e. The fourth-order valence-electron chi connectivity index (χ4n) is 13.6. The van der Waals surface area contributed by atoms with E-state index in [1.165, 1.54) is 13.8 Å². The van der Waals surface area contributed by atoms with Crippen LogP contribution in [-0.2, 0) is 18.9 Å². The van der Waals surface area contributed by atoms with Crippen molar-refractivity contribution in [3.63, 3.8) is 0 Å². The second kappa shape index (κ2) is 16.2. The van der Waals surface area contributed by atoms with E-state index < -0.39 is 144 Å². The normalized spacial score (nSPS) is 52.2. The van der Waals surface area contributed by atoms with Crippen LogP contribution in [0.5, 0.6) is 0 Å². The van der Waals surface area contributed by atoms with Gasteiger partial charge in [-0.2, -0.15) is 0 Å². The van der Waals surface area contributed by atoms with Gasteiger partial charge in [-0.15, -0.1) is 0 Å². The van der Waals surface area contributed by atoms with Gasteiger partial charge in [0.05, 0.1) is 48.8 Å². The van der Waals surface area contributed by atoms with Crippen LogP contribution in [0.2, 0.25) is 0 Å². The third-order valence-corrected chi connectivity index (χ3v) is 17.1. The van der Waals surface area contributed by atoms with E-state index in [1.54, 1.807) is 0 Å². The van der Waals surface area contributed by atoms with Crippen molar-refractivity contribution in [2.45, 2.75) is 204 Å². The monoisotopic (exact) mass is 834 g/mol. The van der Waals surface area contributed by atoms with Gasteiger partial charge < -0.3 is 80.2 Å². The quantitative estimate of drug-likeness (QED) is 0.115. The molecule has 58 heavy (non-hydrogen) atoms. The van der Waals surface area contributed by atoms with Gasteiger partial charge in [-0.3, -0.25) is 0 Å². The maximum Gasteiger partial charge on any atom is 0.187 e. The van der Waals surface area contributed by atoms with E-state index in [0.717, 1.165) is 0 Å². The standard InChI is InChI=1S/C42H74O16/c1-37(2)25(46)10-12-39(5)24-15-20(45)27-19(42(8,14-11-26(47)38(3,4)54)58-36-33(53)31(51)29(49)23(18-44)57-36)9-13-40(27,6)41(24,7)16-21(34(37)39)55-35-32(52)30(50)28(48)22(17-43)56-35/h19-36,43-54H,9-18H2,1-8H3/t19-,20+,21-,22+,23+,24+,25-,26+,27-,28+,29+,30-,31-,32+,33+,34+,35+,36-,39+,40+,41+,42-/m0/s1. The van der Waals surface area contributed by atoms with Crippen molar-refractivity contribution in [3.8, 4) is 0 Å². The minimum Gasteiger partial charge on any atom is -0.394 e. The van der Waals surface area contributed by atoms with Crippen molar-refractivity contribution in [1.82, 2.24) is 0 Å². The van der Waals surface area contributed by atoms with Gasteiger partial charge in [0, 0.05) is 0 Å². The van der Waals surface area contributed by atoms with E-state index >= 15 is 0 Å². The summed E-state index contributed by atoms with van der Waals surface area (Å²) in [7, 11) is 0. The molecule has 0 aromatic carbocycles. The van der Waals surface area contributed by atoms with Crippen LogP contribution in [0.1, 0.15) is 107 Å². The SMILES string of the molecule is CC(C)(O)[C@H](O)CC[C@](C)(O[C@@H]1O[C@H](CO)[C@@H](O)[C@H](O)[C@H]1O)[C@H]1CC[C@]2(C)[C@@H]1[C@H](O)C[C@@H]1[C@@]3(C)CC[C@H](O)C(C)(C)[C@H]3[C@@H](O[C@@H]3O[C@H](CO)[C@@H](O)[C@H](O)[C@H]3O)C[C@]12C. The summed E-state index contributed by atoms with van der Waals surface area (Å²) < 4.78 is 25.2. The Morgan fingerprint density at radius 3 is 1.83 bits per heavy atom. The Kier molecular flexibility index (Phi) is 13.1. The number of rotatable bonds is 11. The van der Waals surface area contributed by atoms with Gasteiger partial charge in [0.15, 0.2) is 12.6 Å².